The molecule has 0 saturated heterocycles. The van der Waals surface area contributed by atoms with Crippen molar-refractivity contribution in [3.8, 4) is 11.3 Å². The summed E-state index contributed by atoms with van der Waals surface area (Å²) in [5.41, 5.74) is 1.60. The zero-order valence-electron chi connectivity index (χ0n) is 19.6. The second-order valence-corrected chi connectivity index (χ2v) is 7.08. The van der Waals surface area contributed by atoms with Gasteiger partial charge in [-0.05, 0) is 55.0 Å². The molecule has 0 bridgehead atoms. The van der Waals surface area contributed by atoms with Crippen molar-refractivity contribution in [2.24, 2.45) is 7.05 Å². The molecule has 0 aliphatic carbocycles. The Balaban J connectivity index is 1.72. The third kappa shape index (κ3) is 3.88. The van der Waals surface area contributed by atoms with Crippen LogP contribution in [0.25, 0.3) is 22.2 Å². The van der Waals surface area contributed by atoms with Gasteiger partial charge in [0, 0.05) is 41.0 Å². The van der Waals surface area contributed by atoms with Crippen molar-refractivity contribution < 1.29 is 22.1 Å². The van der Waals surface area contributed by atoms with Gasteiger partial charge < -0.3 is 4.90 Å². The van der Waals surface area contributed by atoms with Gasteiger partial charge in [-0.25, -0.2) is 4.98 Å². The van der Waals surface area contributed by atoms with E-state index in [9.17, 15) is 18.0 Å². The molecule has 158 valence electrons. The van der Waals surface area contributed by atoms with E-state index in [1.165, 1.54) is 29.1 Å². The fourth-order valence-electron chi connectivity index (χ4n) is 3.34. The van der Waals surface area contributed by atoms with Crippen LogP contribution in [0.5, 0.6) is 0 Å². The molecule has 8 heteroatoms. The number of fused-ring (bicyclic) bond motifs is 1. The second kappa shape index (κ2) is 7.54. The number of halogens is 3. The smallest absolute Gasteiger partial charge is 0.310 e. The number of alkyl halides is 3. The summed E-state index contributed by atoms with van der Waals surface area (Å²) < 4.78 is 63.9. The van der Waals surface area contributed by atoms with E-state index in [1.807, 2.05) is 0 Å². The maximum atomic E-state index is 13.0. The van der Waals surface area contributed by atoms with E-state index in [0.29, 0.717) is 27.7 Å². The highest BCUT2D eigenvalue weighted by molar-refractivity contribution is 6.05. The highest BCUT2D eigenvalue weighted by Crippen LogP contribution is 2.32. The summed E-state index contributed by atoms with van der Waals surface area (Å²) in [5.74, 6) is -0.722. The Hall–Kier alpha value is -3.68. The first-order valence-corrected chi connectivity index (χ1v) is 9.28. The topological polar surface area (TPSA) is 51.0 Å². The summed E-state index contributed by atoms with van der Waals surface area (Å²) in [6.45, 7) is -1.07. The first kappa shape index (κ1) is 17.0. The number of hydrogen-bond donors (Lipinski definition) is 0. The quantitative estimate of drug-likeness (QED) is 0.449. The number of aromatic nitrogens is 3. The molecule has 0 fully saturated rings. The molecule has 0 N–H and O–H groups in total. The number of benzene rings is 2. The van der Waals surface area contributed by atoms with Crippen LogP contribution in [0.1, 0.15) is 25.7 Å². The Morgan fingerprint density at radius 3 is 2.55 bits per heavy atom. The zero-order chi connectivity index (χ0) is 24.8. The van der Waals surface area contributed by atoms with Crippen LogP contribution in [-0.4, -0.2) is 27.6 Å². The molecule has 31 heavy (non-hydrogen) atoms. The van der Waals surface area contributed by atoms with Crippen LogP contribution in [0.4, 0.5) is 18.9 Å². The lowest BCUT2D eigenvalue weighted by molar-refractivity contribution is -0.137. The minimum atomic E-state index is -4.44. The third-order valence-electron chi connectivity index (χ3n) is 4.99. The Bertz CT molecular complexity index is 1400. The maximum absolute atomic E-state index is 13.0. The first-order chi connectivity index (χ1) is 15.9. The normalized spacial score (nSPS) is 13.5. The van der Waals surface area contributed by atoms with Crippen LogP contribution < -0.4 is 4.90 Å². The summed E-state index contributed by atoms with van der Waals surface area (Å²) >= 11 is 0. The van der Waals surface area contributed by atoms with Crippen LogP contribution in [0.15, 0.2) is 60.8 Å². The van der Waals surface area contributed by atoms with E-state index in [4.69, 9.17) is 4.11 Å². The van der Waals surface area contributed by atoms with Crippen LogP contribution in [0, 0.1) is 6.92 Å². The van der Waals surface area contributed by atoms with Gasteiger partial charge in [0.1, 0.15) is 5.69 Å². The molecule has 4 rings (SSSR count). The van der Waals surface area contributed by atoms with Gasteiger partial charge >= 0.3 is 6.18 Å². The average molecular weight is 427 g/mol. The molecule has 0 aliphatic rings. The molecule has 0 saturated carbocycles. The van der Waals surface area contributed by atoms with Crippen LogP contribution >= 0.6 is 0 Å². The highest BCUT2D eigenvalue weighted by atomic mass is 19.4. The van der Waals surface area contributed by atoms with E-state index in [0.717, 1.165) is 17.0 Å². The Morgan fingerprint density at radius 1 is 1.10 bits per heavy atom. The minimum absolute atomic E-state index is 0.119. The number of pyridine rings is 1. The molecule has 2 heterocycles. The van der Waals surface area contributed by atoms with Crippen molar-refractivity contribution in [1.29, 1.82) is 0 Å². The van der Waals surface area contributed by atoms with Crippen molar-refractivity contribution >= 4 is 22.5 Å². The van der Waals surface area contributed by atoms with Gasteiger partial charge in [0.15, 0.2) is 0 Å². The number of carbonyl (C=O) groups excluding carboxylic acids is 1. The predicted molar refractivity (Wildman–Crippen MR) is 113 cm³/mol. The summed E-state index contributed by atoms with van der Waals surface area (Å²) in [6, 6.07) is 12.7. The molecule has 4 aromatic rings. The van der Waals surface area contributed by atoms with Crippen molar-refractivity contribution in [2.75, 3.05) is 11.9 Å². The number of carbonyl (C=O) groups is 1. The standard InChI is InChI=1S/C23H19F3N4O/c1-14-12-15(5-9-20(14)29(2)22(31)21-10-11-27-30(21)3)18-7-4-16-13-17(23(24,25)26)6-8-19(16)28-18/h4-13H,1-3H3/i2D3. The Kier molecular flexibility index (Phi) is 4.14. The van der Waals surface area contributed by atoms with Crippen LogP contribution in [-0.2, 0) is 13.2 Å². The van der Waals surface area contributed by atoms with Crippen molar-refractivity contribution in [3.05, 3.63) is 77.6 Å². The van der Waals surface area contributed by atoms with E-state index in [2.05, 4.69) is 10.1 Å². The molecule has 0 unspecified atom stereocenters. The average Bonchev–Trinajstić information content (AvgIpc) is 3.18. The number of aryl methyl sites for hydroxylation is 2. The number of anilines is 1. The molecule has 2 aromatic carbocycles. The van der Waals surface area contributed by atoms with E-state index in [1.54, 1.807) is 38.2 Å². The lowest BCUT2D eigenvalue weighted by Crippen LogP contribution is -2.28. The van der Waals surface area contributed by atoms with Gasteiger partial charge in [-0.1, -0.05) is 12.1 Å². The zero-order valence-corrected chi connectivity index (χ0v) is 16.6. The molecule has 1 amide bonds. The van der Waals surface area contributed by atoms with E-state index >= 15 is 0 Å². The van der Waals surface area contributed by atoms with Gasteiger partial charge in [0.25, 0.3) is 5.91 Å². The number of amides is 1. The van der Waals surface area contributed by atoms with Crippen molar-refractivity contribution in [2.45, 2.75) is 13.1 Å². The van der Waals surface area contributed by atoms with Crippen molar-refractivity contribution in [1.82, 2.24) is 14.8 Å². The summed E-state index contributed by atoms with van der Waals surface area (Å²) in [4.78, 5) is 18.2. The molecule has 0 atom stereocenters. The largest absolute Gasteiger partial charge is 0.416 e. The summed E-state index contributed by atoms with van der Waals surface area (Å²) in [6.07, 6.45) is -3.04. The monoisotopic (exact) mass is 427 g/mol. The second-order valence-electron chi connectivity index (χ2n) is 7.08. The first-order valence-electron chi connectivity index (χ1n) is 10.8. The van der Waals surface area contributed by atoms with Gasteiger partial charge in [0.05, 0.1) is 16.8 Å². The molecule has 5 nitrogen and oxygen atoms in total. The SMILES string of the molecule is [2H]C([2H])([2H])N(C(=O)c1ccnn1C)c1ccc(-c2ccc3cc(C(F)(F)F)ccc3n2)cc1C. The van der Waals surface area contributed by atoms with Gasteiger partial charge in [0.2, 0.25) is 0 Å². The molecule has 0 spiro atoms. The summed E-state index contributed by atoms with van der Waals surface area (Å²) in [7, 11) is 1.55. The fourth-order valence-corrected chi connectivity index (χ4v) is 3.34. The highest BCUT2D eigenvalue weighted by Gasteiger charge is 2.30. The third-order valence-corrected chi connectivity index (χ3v) is 4.99. The number of nitrogens with zero attached hydrogens (tertiary/aromatic N) is 4. The Morgan fingerprint density at radius 2 is 1.90 bits per heavy atom. The minimum Gasteiger partial charge on any atom is -0.310 e. The van der Waals surface area contributed by atoms with E-state index < -0.39 is 24.6 Å². The molecule has 0 aliphatic heterocycles. The van der Waals surface area contributed by atoms with Gasteiger partial charge in [-0.3, -0.25) is 9.48 Å². The number of rotatable bonds is 3. The van der Waals surface area contributed by atoms with Crippen LogP contribution in [0.3, 0.4) is 0 Å². The van der Waals surface area contributed by atoms with Crippen LogP contribution in [0.2, 0.25) is 0 Å². The lowest BCUT2D eigenvalue weighted by atomic mass is 10.0. The maximum Gasteiger partial charge on any atom is 0.416 e. The molecule has 2 aromatic heterocycles. The lowest BCUT2D eigenvalue weighted by Gasteiger charge is -2.20. The molecule has 0 radical (unpaired) electrons. The van der Waals surface area contributed by atoms with Gasteiger partial charge in [-0.15, -0.1) is 0 Å². The number of hydrogen-bond acceptors (Lipinski definition) is 3. The summed E-state index contributed by atoms with van der Waals surface area (Å²) in [5, 5.41) is 4.28. The van der Waals surface area contributed by atoms with Crippen molar-refractivity contribution in [3.63, 3.8) is 0 Å². The predicted octanol–water partition coefficient (Wildman–Crippen LogP) is 5.24. The molecular formula is C23H19F3N4O. The van der Waals surface area contributed by atoms with E-state index in [-0.39, 0.29) is 11.4 Å². The Labute approximate surface area is 181 Å². The van der Waals surface area contributed by atoms with Gasteiger partial charge in [-0.2, -0.15) is 18.3 Å². The fraction of sp³-hybridized carbons (Fsp3) is 0.174. The molecular weight excluding hydrogens is 405 g/mol.